The Morgan fingerprint density at radius 2 is 1.39 bits per heavy atom. The molecule has 1 heterocycles. The van der Waals surface area contributed by atoms with Crippen LogP contribution in [0.25, 0.3) is 0 Å². The standard InChI is InChI=1S/C20H29BO2/c1-18(2)19(3,4)23-21(22-18)17-11-9-16(10-12-17)20(13-14-20)15-7-5-6-8-15/h9-12,15H,5-8,13-14H2,1-4H3. The highest BCUT2D eigenvalue weighted by molar-refractivity contribution is 6.62. The summed E-state index contributed by atoms with van der Waals surface area (Å²) in [5.41, 5.74) is 2.67. The second-order valence-corrected chi connectivity index (χ2v) is 8.85. The zero-order valence-corrected chi connectivity index (χ0v) is 15.0. The SMILES string of the molecule is CC1(C)OB(c2ccc(C3(C4CCCC4)CC3)cc2)OC1(C)C. The topological polar surface area (TPSA) is 18.5 Å². The van der Waals surface area contributed by atoms with Gasteiger partial charge in [0.15, 0.2) is 0 Å². The van der Waals surface area contributed by atoms with Gasteiger partial charge in [-0.15, -0.1) is 0 Å². The summed E-state index contributed by atoms with van der Waals surface area (Å²) in [6.07, 6.45) is 8.48. The maximum Gasteiger partial charge on any atom is 0.494 e. The predicted octanol–water partition coefficient (Wildman–Crippen LogP) is 4.21. The van der Waals surface area contributed by atoms with E-state index in [1.807, 2.05) is 0 Å². The molecular weight excluding hydrogens is 283 g/mol. The van der Waals surface area contributed by atoms with E-state index in [9.17, 15) is 0 Å². The fourth-order valence-corrected chi connectivity index (χ4v) is 4.50. The molecule has 2 aliphatic carbocycles. The first-order valence-electron chi connectivity index (χ1n) is 9.30. The normalized spacial score (nSPS) is 28.3. The van der Waals surface area contributed by atoms with Crippen LogP contribution >= 0.6 is 0 Å². The van der Waals surface area contributed by atoms with E-state index in [0.29, 0.717) is 5.41 Å². The minimum Gasteiger partial charge on any atom is -0.399 e. The van der Waals surface area contributed by atoms with E-state index in [0.717, 1.165) is 11.4 Å². The van der Waals surface area contributed by atoms with Crippen molar-refractivity contribution in [3.05, 3.63) is 29.8 Å². The minimum atomic E-state index is -0.266. The Labute approximate surface area is 141 Å². The third kappa shape index (κ3) is 2.48. The van der Waals surface area contributed by atoms with E-state index in [-0.39, 0.29) is 18.3 Å². The summed E-state index contributed by atoms with van der Waals surface area (Å²) in [5.74, 6) is 0.921. The molecule has 124 valence electrons. The smallest absolute Gasteiger partial charge is 0.399 e. The van der Waals surface area contributed by atoms with Gasteiger partial charge in [-0.1, -0.05) is 37.1 Å². The molecule has 0 N–H and O–H groups in total. The average Bonchev–Trinajstić information content (AvgIpc) is 3.04. The van der Waals surface area contributed by atoms with Crippen molar-refractivity contribution in [3.63, 3.8) is 0 Å². The van der Waals surface area contributed by atoms with Gasteiger partial charge in [-0.3, -0.25) is 0 Å². The summed E-state index contributed by atoms with van der Waals surface area (Å²) in [5, 5.41) is 0. The van der Waals surface area contributed by atoms with Gasteiger partial charge in [0.1, 0.15) is 0 Å². The van der Waals surface area contributed by atoms with Crippen LogP contribution in [0.1, 0.15) is 71.8 Å². The van der Waals surface area contributed by atoms with Gasteiger partial charge in [0.05, 0.1) is 11.2 Å². The monoisotopic (exact) mass is 312 g/mol. The summed E-state index contributed by atoms with van der Waals surface area (Å²) >= 11 is 0. The zero-order valence-electron chi connectivity index (χ0n) is 15.0. The highest BCUT2D eigenvalue weighted by Gasteiger charge is 2.53. The number of hydrogen-bond acceptors (Lipinski definition) is 2. The summed E-state index contributed by atoms with van der Waals surface area (Å²) in [6, 6.07) is 9.14. The highest BCUT2D eigenvalue weighted by atomic mass is 16.7. The lowest BCUT2D eigenvalue weighted by atomic mass is 9.76. The molecule has 0 atom stereocenters. The lowest BCUT2D eigenvalue weighted by Gasteiger charge is -2.32. The van der Waals surface area contributed by atoms with Gasteiger partial charge in [0.2, 0.25) is 0 Å². The van der Waals surface area contributed by atoms with Crippen molar-refractivity contribution in [2.45, 2.75) is 82.8 Å². The first-order valence-corrected chi connectivity index (χ1v) is 9.30. The molecule has 2 saturated carbocycles. The van der Waals surface area contributed by atoms with E-state index in [1.165, 1.54) is 38.5 Å². The fraction of sp³-hybridized carbons (Fsp3) is 0.700. The van der Waals surface area contributed by atoms with Gasteiger partial charge in [-0.25, -0.2) is 0 Å². The number of hydrogen-bond donors (Lipinski definition) is 0. The first-order chi connectivity index (χ1) is 10.8. The molecule has 0 bridgehead atoms. The summed E-state index contributed by atoms with van der Waals surface area (Å²) in [6.45, 7) is 8.45. The zero-order chi connectivity index (χ0) is 16.3. The van der Waals surface area contributed by atoms with Crippen LogP contribution in [-0.2, 0) is 14.7 Å². The molecule has 2 nitrogen and oxygen atoms in total. The van der Waals surface area contributed by atoms with Gasteiger partial charge in [0, 0.05) is 0 Å². The van der Waals surface area contributed by atoms with Gasteiger partial charge in [-0.05, 0) is 75.7 Å². The molecule has 0 aromatic heterocycles. The molecule has 0 unspecified atom stereocenters. The van der Waals surface area contributed by atoms with Crippen LogP contribution in [0.5, 0.6) is 0 Å². The van der Waals surface area contributed by atoms with Crippen molar-refractivity contribution in [3.8, 4) is 0 Å². The maximum atomic E-state index is 6.17. The molecule has 23 heavy (non-hydrogen) atoms. The van der Waals surface area contributed by atoms with Crippen molar-refractivity contribution in [2.24, 2.45) is 5.92 Å². The third-order valence-electron chi connectivity index (χ3n) is 6.94. The Morgan fingerprint density at radius 1 is 0.870 bits per heavy atom. The molecule has 1 aromatic carbocycles. The van der Waals surface area contributed by atoms with Gasteiger partial charge in [0.25, 0.3) is 0 Å². The maximum absolute atomic E-state index is 6.17. The second-order valence-electron chi connectivity index (χ2n) is 8.85. The van der Waals surface area contributed by atoms with Crippen molar-refractivity contribution in [2.75, 3.05) is 0 Å². The van der Waals surface area contributed by atoms with Crippen LogP contribution in [0.2, 0.25) is 0 Å². The second kappa shape index (κ2) is 5.10. The number of rotatable bonds is 3. The predicted molar refractivity (Wildman–Crippen MR) is 95.0 cm³/mol. The molecule has 1 aliphatic heterocycles. The summed E-state index contributed by atoms with van der Waals surface area (Å²) < 4.78 is 12.3. The molecule has 0 spiro atoms. The Balaban J connectivity index is 1.53. The van der Waals surface area contributed by atoms with Crippen LogP contribution in [0.15, 0.2) is 24.3 Å². The lowest BCUT2D eigenvalue weighted by Crippen LogP contribution is -2.41. The van der Waals surface area contributed by atoms with Crippen molar-refractivity contribution in [1.29, 1.82) is 0 Å². The van der Waals surface area contributed by atoms with Crippen molar-refractivity contribution < 1.29 is 9.31 Å². The van der Waals surface area contributed by atoms with E-state index in [4.69, 9.17) is 9.31 Å². The molecule has 0 amide bonds. The van der Waals surface area contributed by atoms with E-state index < -0.39 is 0 Å². The number of benzene rings is 1. The van der Waals surface area contributed by atoms with Crippen molar-refractivity contribution >= 4 is 12.6 Å². The first kappa shape index (κ1) is 15.7. The Kier molecular flexibility index (Phi) is 3.48. The molecule has 3 aliphatic rings. The summed E-state index contributed by atoms with van der Waals surface area (Å²) in [7, 11) is -0.240. The van der Waals surface area contributed by atoms with Crippen LogP contribution < -0.4 is 5.46 Å². The minimum absolute atomic E-state index is 0.240. The van der Waals surface area contributed by atoms with Crippen LogP contribution in [0.4, 0.5) is 0 Å². The Hall–Kier alpha value is -0.795. The van der Waals surface area contributed by atoms with E-state index in [1.54, 1.807) is 5.56 Å². The third-order valence-corrected chi connectivity index (χ3v) is 6.94. The Morgan fingerprint density at radius 3 is 1.87 bits per heavy atom. The Bertz CT molecular complexity index is 564. The molecule has 1 aromatic rings. The van der Waals surface area contributed by atoms with Crippen LogP contribution in [-0.4, -0.2) is 18.3 Å². The van der Waals surface area contributed by atoms with Gasteiger partial charge in [-0.2, -0.15) is 0 Å². The molecular formula is C20H29BO2. The largest absolute Gasteiger partial charge is 0.494 e. The molecule has 1 saturated heterocycles. The van der Waals surface area contributed by atoms with E-state index >= 15 is 0 Å². The molecule has 3 heteroatoms. The quantitative estimate of drug-likeness (QED) is 0.779. The van der Waals surface area contributed by atoms with Crippen LogP contribution in [0.3, 0.4) is 0 Å². The highest BCUT2D eigenvalue weighted by Crippen LogP contribution is 2.58. The van der Waals surface area contributed by atoms with E-state index in [2.05, 4.69) is 52.0 Å². The average molecular weight is 312 g/mol. The van der Waals surface area contributed by atoms with Crippen LogP contribution in [0, 0.1) is 5.92 Å². The van der Waals surface area contributed by atoms with Gasteiger partial charge >= 0.3 is 7.12 Å². The fourth-order valence-electron chi connectivity index (χ4n) is 4.50. The molecule has 3 fully saturated rings. The molecule has 4 rings (SSSR count). The lowest BCUT2D eigenvalue weighted by molar-refractivity contribution is 0.00578. The van der Waals surface area contributed by atoms with Gasteiger partial charge < -0.3 is 9.31 Å². The van der Waals surface area contributed by atoms with Crippen molar-refractivity contribution in [1.82, 2.24) is 0 Å². The molecule has 0 radical (unpaired) electrons. The summed E-state index contributed by atoms with van der Waals surface area (Å²) in [4.78, 5) is 0.